The summed E-state index contributed by atoms with van der Waals surface area (Å²) >= 11 is 0. The lowest BCUT2D eigenvalue weighted by Gasteiger charge is -2.28. The van der Waals surface area contributed by atoms with E-state index in [1.54, 1.807) is 28.1 Å². The summed E-state index contributed by atoms with van der Waals surface area (Å²) in [6.45, 7) is 0.916. The minimum absolute atomic E-state index is 0.219. The van der Waals surface area contributed by atoms with Gasteiger partial charge in [-0.15, -0.1) is 0 Å². The van der Waals surface area contributed by atoms with E-state index in [0.717, 1.165) is 46.5 Å². The molecule has 1 unspecified atom stereocenters. The van der Waals surface area contributed by atoms with E-state index in [4.69, 9.17) is 14.5 Å². The van der Waals surface area contributed by atoms with Crippen LogP contribution in [0.1, 0.15) is 59.8 Å². The Morgan fingerprint density at radius 1 is 0.700 bits per heavy atom. The number of nitrogens with one attached hydrogen (secondary N) is 4. The molecule has 304 valence electrons. The normalized spacial score (nSPS) is 16.9. The molecule has 2 aliphatic heterocycles. The van der Waals surface area contributed by atoms with Crippen molar-refractivity contribution in [2.45, 2.75) is 37.0 Å². The molecule has 14 nitrogen and oxygen atoms in total. The van der Waals surface area contributed by atoms with Gasteiger partial charge in [-0.2, -0.15) is 0 Å². The summed E-state index contributed by atoms with van der Waals surface area (Å²) in [4.78, 5) is 71.9. The summed E-state index contributed by atoms with van der Waals surface area (Å²) in [5.41, 5.74) is 6.81. The van der Waals surface area contributed by atoms with Gasteiger partial charge in [0.05, 0.1) is 37.8 Å². The molecular formula is C46H44N8O6. The number of hydrogen-bond acceptors (Lipinski definition) is 8. The van der Waals surface area contributed by atoms with Crippen molar-refractivity contribution in [2.75, 3.05) is 27.3 Å². The van der Waals surface area contributed by atoms with Gasteiger partial charge in [0.25, 0.3) is 11.8 Å². The van der Waals surface area contributed by atoms with Crippen molar-refractivity contribution in [3.05, 3.63) is 157 Å². The maximum atomic E-state index is 13.9. The van der Waals surface area contributed by atoms with Gasteiger partial charge in [-0.1, -0.05) is 121 Å². The van der Waals surface area contributed by atoms with Crippen molar-refractivity contribution in [3.8, 4) is 33.6 Å². The number of aromatic nitrogens is 4. The number of amides is 4. The molecule has 4 atom stereocenters. The second-order valence-electron chi connectivity index (χ2n) is 14.5. The predicted octanol–water partition coefficient (Wildman–Crippen LogP) is 7.43. The highest BCUT2D eigenvalue weighted by Crippen LogP contribution is 2.35. The highest BCUT2D eigenvalue weighted by atomic mass is 16.5. The van der Waals surface area contributed by atoms with Gasteiger partial charge in [0.2, 0.25) is 0 Å². The molecule has 0 bridgehead atoms. The van der Waals surface area contributed by atoms with Gasteiger partial charge in [0.15, 0.2) is 0 Å². The summed E-state index contributed by atoms with van der Waals surface area (Å²) in [5, 5.41) is 5.39. The van der Waals surface area contributed by atoms with E-state index in [2.05, 4.69) is 49.9 Å². The molecular weight excluding hydrogens is 761 g/mol. The first-order chi connectivity index (χ1) is 29.3. The van der Waals surface area contributed by atoms with Crippen LogP contribution in [0.15, 0.2) is 134 Å². The molecule has 4 N–H and O–H groups in total. The fourth-order valence-corrected chi connectivity index (χ4v) is 7.82. The van der Waals surface area contributed by atoms with Crippen LogP contribution in [0.2, 0.25) is 0 Å². The van der Waals surface area contributed by atoms with Crippen LogP contribution in [-0.2, 0) is 19.1 Å². The Balaban J connectivity index is 0.929. The molecule has 2 aromatic heterocycles. The van der Waals surface area contributed by atoms with E-state index in [1.807, 2.05) is 91.1 Å². The minimum atomic E-state index is -0.924. The maximum absolute atomic E-state index is 13.9. The molecule has 60 heavy (non-hydrogen) atoms. The van der Waals surface area contributed by atoms with Crippen molar-refractivity contribution in [2.24, 2.45) is 0 Å². The largest absolute Gasteiger partial charge is 0.453 e. The number of likely N-dealkylation sites (tertiary alicyclic amines) is 1. The summed E-state index contributed by atoms with van der Waals surface area (Å²) in [5.74, 6) is 0.803. The first-order valence-corrected chi connectivity index (χ1v) is 19.7. The van der Waals surface area contributed by atoms with E-state index in [-0.39, 0.29) is 17.9 Å². The number of hydrogen-bond donors (Lipinski definition) is 4. The Morgan fingerprint density at radius 2 is 1.25 bits per heavy atom. The first kappa shape index (κ1) is 39.4. The smallest absolute Gasteiger partial charge is 0.407 e. The molecule has 0 aliphatic carbocycles. The van der Waals surface area contributed by atoms with Crippen LogP contribution in [0.5, 0.6) is 0 Å². The molecule has 14 heteroatoms. The number of alkyl carbamates (subject to hydrolysis) is 2. The van der Waals surface area contributed by atoms with Crippen LogP contribution < -0.4 is 10.6 Å². The lowest BCUT2D eigenvalue weighted by atomic mass is 10.0. The molecule has 0 spiro atoms. The number of methoxy groups -OCH3 is 2. The lowest BCUT2D eigenvalue weighted by Crippen LogP contribution is -2.43. The average Bonchev–Trinajstić information content (AvgIpc) is 4.15. The van der Waals surface area contributed by atoms with Crippen molar-refractivity contribution >= 4 is 24.0 Å². The second-order valence-corrected chi connectivity index (χ2v) is 14.5. The van der Waals surface area contributed by atoms with Crippen LogP contribution in [0.25, 0.3) is 33.6 Å². The zero-order chi connectivity index (χ0) is 41.6. The molecule has 1 saturated heterocycles. The van der Waals surface area contributed by atoms with E-state index in [0.29, 0.717) is 35.9 Å². The third kappa shape index (κ3) is 8.25. The zero-order valence-corrected chi connectivity index (χ0v) is 33.1. The molecule has 4 aromatic carbocycles. The number of rotatable bonds is 11. The quantitative estimate of drug-likeness (QED) is 0.0979. The molecule has 8 rings (SSSR count). The van der Waals surface area contributed by atoms with Gasteiger partial charge in [-0.25, -0.2) is 19.6 Å². The van der Waals surface area contributed by atoms with Crippen molar-refractivity contribution < 1.29 is 28.7 Å². The van der Waals surface area contributed by atoms with Gasteiger partial charge in [0.1, 0.15) is 29.8 Å². The van der Waals surface area contributed by atoms with E-state index >= 15 is 0 Å². The third-order valence-electron chi connectivity index (χ3n) is 10.9. The van der Waals surface area contributed by atoms with Gasteiger partial charge < -0.3 is 39.9 Å². The maximum Gasteiger partial charge on any atom is 0.407 e. The molecule has 4 amide bonds. The predicted molar refractivity (Wildman–Crippen MR) is 224 cm³/mol. The first-order valence-electron chi connectivity index (χ1n) is 19.7. The number of carbonyl (C=O) groups is 4. The van der Waals surface area contributed by atoms with E-state index < -0.39 is 30.3 Å². The Hall–Kier alpha value is -7.48. The van der Waals surface area contributed by atoms with Crippen LogP contribution in [0.3, 0.4) is 0 Å². The van der Waals surface area contributed by atoms with Crippen LogP contribution in [0, 0.1) is 0 Å². The van der Waals surface area contributed by atoms with Gasteiger partial charge in [-0.3, -0.25) is 9.59 Å². The molecule has 4 heterocycles. The van der Waals surface area contributed by atoms with Crippen molar-refractivity contribution in [3.63, 3.8) is 0 Å². The van der Waals surface area contributed by atoms with Gasteiger partial charge in [0, 0.05) is 24.8 Å². The lowest BCUT2D eigenvalue weighted by molar-refractivity contribution is -0.135. The molecule has 0 radical (unpaired) electrons. The third-order valence-corrected chi connectivity index (χ3v) is 10.9. The number of benzene rings is 4. The Kier molecular flexibility index (Phi) is 11.5. The zero-order valence-electron chi connectivity index (χ0n) is 33.1. The van der Waals surface area contributed by atoms with Crippen LogP contribution in [0.4, 0.5) is 9.59 Å². The SMILES string of the molecule is COC(=O)N[C@@H](C(=O)N1CC=CC1c1ncc(-c2ccc(-c3ccc(-c4c[nH]c([C@@H]5CCCN5C(=O)[C@H](NC(=O)OC)c5ccccc5)n4)cc3)cc2)[nH]1)c1ccccc1. The number of carbonyl (C=O) groups excluding carboxylic acids is 4. The van der Waals surface area contributed by atoms with E-state index in [9.17, 15) is 19.2 Å². The molecule has 2 aliphatic rings. The number of ether oxygens (including phenoxy) is 2. The van der Waals surface area contributed by atoms with Gasteiger partial charge in [-0.05, 0) is 40.7 Å². The highest BCUT2D eigenvalue weighted by Gasteiger charge is 2.38. The Morgan fingerprint density at radius 3 is 1.83 bits per heavy atom. The number of imidazole rings is 2. The Labute approximate surface area is 346 Å². The summed E-state index contributed by atoms with van der Waals surface area (Å²) in [6.07, 6.45) is 7.65. The number of nitrogens with zero attached hydrogens (tertiary/aromatic N) is 4. The van der Waals surface area contributed by atoms with E-state index in [1.165, 1.54) is 14.2 Å². The molecule has 1 fully saturated rings. The number of H-pyrrole nitrogens is 2. The van der Waals surface area contributed by atoms with Crippen molar-refractivity contribution in [1.29, 1.82) is 0 Å². The van der Waals surface area contributed by atoms with Crippen LogP contribution in [-0.4, -0.2) is 81.0 Å². The molecule has 0 saturated carbocycles. The fraction of sp³-hybridized carbons (Fsp3) is 0.217. The average molecular weight is 805 g/mol. The standard InChI is InChI=1S/C46H44N8O6/c1-59-45(57)51-39(33-11-5-3-6-12-33)43(55)53-25-9-15-37(53)41-47-27-35(49-41)31-21-17-29(18-22-31)30-19-23-32(24-20-30)36-28-48-42(50-36)38-16-10-26-54(38)44(56)40(52-46(58)60-2)34-13-7-4-8-14-34/h3-9,11-15,17-24,27-28,37-40H,10,16,25-26H2,1-2H3,(H,47,49)(H,48,50)(H,51,57)(H,52,58)/t37?,38-,39+,40+/m0/s1. The molecule has 6 aromatic rings. The Bertz CT molecular complexity index is 2480. The van der Waals surface area contributed by atoms with Crippen LogP contribution >= 0.6 is 0 Å². The monoisotopic (exact) mass is 804 g/mol. The minimum Gasteiger partial charge on any atom is -0.453 e. The van der Waals surface area contributed by atoms with Crippen molar-refractivity contribution in [1.82, 2.24) is 40.4 Å². The number of aromatic amines is 2. The summed E-state index contributed by atoms with van der Waals surface area (Å²) < 4.78 is 9.64. The summed E-state index contributed by atoms with van der Waals surface area (Å²) in [6, 6.07) is 32.0. The highest BCUT2D eigenvalue weighted by molar-refractivity contribution is 5.88. The second kappa shape index (κ2) is 17.6. The topological polar surface area (TPSA) is 175 Å². The fourth-order valence-electron chi connectivity index (χ4n) is 7.82. The summed E-state index contributed by atoms with van der Waals surface area (Å²) in [7, 11) is 2.54. The van der Waals surface area contributed by atoms with Gasteiger partial charge >= 0.3 is 12.2 Å².